The summed E-state index contributed by atoms with van der Waals surface area (Å²) < 4.78 is 12.5. The highest BCUT2D eigenvalue weighted by Gasteiger charge is 2.21. The number of hydrogen-bond donors (Lipinski definition) is 2. The molecule has 0 bridgehead atoms. The fourth-order valence-corrected chi connectivity index (χ4v) is 4.15. The van der Waals surface area contributed by atoms with Gasteiger partial charge in [0.1, 0.15) is 5.75 Å². The SMILES string of the molecule is COc1ccc(NC(=O)NC(=O)CSc2nnc(N3CCOCC3)n2Cc2ccccc2)cc1. The molecule has 2 N–H and O–H groups in total. The Morgan fingerprint density at radius 3 is 2.50 bits per heavy atom. The third kappa shape index (κ3) is 6.27. The summed E-state index contributed by atoms with van der Waals surface area (Å²) in [6, 6.07) is 16.2. The lowest BCUT2D eigenvalue weighted by Gasteiger charge is -2.28. The first kappa shape index (κ1) is 23.6. The molecule has 3 aromatic rings. The molecule has 10 nitrogen and oxygen atoms in total. The summed E-state index contributed by atoms with van der Waals surface area (Å²) in [5, 5.41) is 14.3. The van der Waals surface area contributed by atoms with Gasteiger partial charge in [-0.2, -0.15) is 0 Å². The van der Waals surface area contributed by atoms with Crippen LogP contribution in [0.2, 0.25) is 0 Å². The number of carbonyl (C=O) groups is 2. The first-order chi connectivity index (χ1) is 16.6. The minimum atomic E-state index is -0.601. The van der Waals surface area contributed by atoms with E-state index in [9.17, 15) is 9.59 Å². The van der Waals surface area contributed by atoms with Crippen LogP contribution in [0, 0.1) is 0 Å². The molecule has 2 aromatic carbocycles. The maximum absolute atomic E-state index is 12.4. The Balaban J connectivity index is 1.38. The van der Waals surface area contributed by atoms with E-state index in [2.05, 4.69) is 25.7 Å². The topological polar surface area (TPSA) is 111 Å². The number of urea groups is 1. The number of nitrogens with zero attached hydrogens (tertiary/aromatic N) is 4. The molecular weight excluding hydrogens is 456 g/mol. The van der Waals surface area contributed by atoms with Gasteiger partial charge in [-0.25, -0.2) is 4.79 Å². The second kappa shape index (κ2) is 11.5. The Hall–Kier alpha value is -3.57. The zero-order valence-electron chi connectivity index (χ0n) is 18.8. The number of aromatic nitrogens is 3. The predicted molar refractivity (Wildman–Crippen MR) is 129 cm³/mol. The molecule has 1 fully saturated rings. The van der Waals surface area contributed by atoms with Crippen LogP contribution in [0.15, 0.2) is 59.8 Å². The number of methoxy groups -OCH3 is 1. The van der Waals surface area contributed by atoms with Crippen LogP contribution in [0.3, 0.4) is 0 Å². The van der Waals surface area contributed by atoms with Gasteiger partial charge in [-0.3, -0.25) is 14.7 Å². The first-order valence-electron chi connectivity index (χ1n) is 10.8. The fourth-order valence-electron chi connectivity index (χ4n) is 3.42. The van der Waals surface area contributed by atoms with Gasteiger partial charge in [-0.1, -0.05) is 42.1 Å². The number of hydrogen-bond acceptors (Lipinski definition) is 8. The van der Waals surface area contributed by atoms with Crippen LogP contribution in [0.5, 0.6) is 5.75 Å². The first-order valence-corrected chi connectivity index (χ1v) is 11.8. The zero-order chi connectivity index (χ0) is 23.8. The minimum absolute atomic E-state index is 0.0199. The molecule has 0 radical (unpaired) electrons. The Labute approximate surface area is 201 Å². The van der Waals surface area contributed by atoms with E-state index >= 15 is 0 Å². The molecular formula is C23H26N6O4S. The monoisotopic (exact) mass is 482 g/mol. The summed E-state index contributed by atoms with van der Waals surface area (Å²) >= 11 is 1.24. The number of carbonyl (C=O) groups excluding carboxylic acids is 2. The standard InChI is InChI=1S/C23H26N6O4S/c1-32-19-9-7-18(8-10-19)24-21(31)25-20(30)16-34-23-27-26-22(28-11-13-33-14-12-28)29(23)15-17-5-3-2-4-6-17/h2-10H,11-16H2,1H3,(H2,24,25,30,31). The van der Waals surface area contributed by atoms with E-state index in [1.165, 1.54) is 11.8 Å². The van der Waals surface area contributed by atoms with Crippen molar-refractivity contribution < 1.29 is 19.1 Å². The molecule has 1 saturated heterocycles. The average molecular weight is 483 g/mol. The summed E-state index contributed by atoms with van der Waals surface area (Å²) in [4.78, 5) is 26.7. The summed E-state index contributed by atoms with van der Waals surface area (Å²) in [7, 11) is 1.57. The van der Waals surface area contributed by atoms with Crippen LogP contribution in [0.25, 0.3) is 0 Å². The number of imide groups is 1. The average Bonchev–Trinajstić information content (AvgIpc) is 3.26. The fraction of sp³-hybridized carbons (Fsp3) is 0.304. The van der Waals surface area contributed by atoms with Crippen LogP contribution in [-0.2, 0) is 16.1 Å². The molecule has 0 atom stereocenters. The van der Waals surface area contributed by atoms with Crippen molar-refractivity contribution in [3.8, 4) is 5.75 Å². The maximum Gasteiger partial charge on any atom is 0.325 e. The van der Waals surface area contributed by atoms with E-state index in [4.69, 9.17) is 9.47 Å². The van der Waals surface area contributed by atoms with Crippen LogP contribution >= 0.6 is 11.8 Å². The molecule has 3 amide bonds. The molecule has 34 heavy (non-hydrogen) atoms. The highest BCUT2D eigenvalue weighted by molar-refractivity contribution is 7.99. The number of benzene rings is 2. The van der Waals surface area contributed by atoms with E-state index in [0.717, 1.165) is 24.6 Å². The molecule has 0 spiro atoms. The van der Waals surface area contributed by atoms with Crippen molar-refractivity contribution in [3.05, 3.63) is 60.2 Å². The quantitative estimate of drug-likeness (QED) is 0.472. The van der Waals surface area contributed by atoms with Crippen LogP contribution in [0.4, 0.5) is 16.4 Å². The third-order valence-corrected chi connectivity index (χ3v) is 6.07. The molecule has 0 unspecified atom stereocenters. The number of anilines is 2. The number of amides is 3. The second-order valence-corrected chi connectivity index (χ2v) is 8.42. The van der Waals surface area contributed by atoms with Crippen molar-refractivity contribution in [2.75, 3.05) is 49.4 Å². The maximum atomic E-state index is 12.4. The van der Waals surface area contributed by atoms with Crippen molar-refractivity contribution >= 4 is 35.3 Å². The molecule has 2 heterocycles. The van der Waals surface area contributed by atoms with Crippen LogP contribution in [0.1, 0.15) is 5.56 Å². The number of rotatable bonds is 8. The highest BCUT2D eigenvalue weighted by Crippen LogP contribution is 2.24. The summed E-state index contributed by atoms with van der Waals surface area (Å²) in [5.41, 5.74) is 1.65. The number of thioether (sulfide) groups is 1. The molecule has 0 aliphatic carbocycles. The van der Waals surface area contributed by atoms with Gasteiger partial charge in [0.25, 0.3) is 0 Å². The van der Waals surface area contributed by atoms with Gasteiger partial charge in [-0.05, 0) is 29.8 Å². The van der Waals surface area contributed by atoms with Crippen molar-refractivity contribution in [2.24, 2.45) is 0 Å². The lowest BCUT2D eigenvalue weighted by atomic mass is 10.2. The Kier molecular flexibility index (Phi) is 7.99. The summed E-state index contributed by atoms with van der Waals surface area (Å²) in [6.45, 7) is 3.29. The van der Waals surface area contributed by atoms with E-state index in [0.29, 0.717) is 36.4 Å². The Morgan fingerprint density at radius 1 is 1.06 bits per heavy atom. The largest absolute Gasteiger partial charge is 0.497 e. The van der Waals surface area contributed by atoms with Crippen molar-refractivity contribution in [2.45, 2.75) is 11.7 Å². The van der Waals surface area contributed by atoms with Crippen LogP contribution < -0.4 is 20.3 Å². The van der Waals surface area contributed by atoms with Crippen molar-refractivity contribution in [3.63, 3.8) is 0 Å². The van der Waals surface area contributed by atoms with E-state index < -0.39 is 11.9 Å². The van der Waals surface area contributed by atoms with Gasteiger partial charge in [0, 0.05) is 18.8 Å². The molecule has 11 heteroatoms. The molecule has 1 aromatic heterocycles. The van der Waals surface area contributed by atoms with Gasteiger partial charge >= 0.3 is 6.03 Å². The second-order valence-electron chi connectivity index (χ2n) is 7.47. The van der Waals surface area contributed by atoms with E-state index in [1.807, 2.05) is 34.9 Å². The lowest BCUT2D eigenvalue weighted by Crippen LogP contribution is -2.38. The Morgan fingerprint density at radius 2 is 1.79 bits per heavy atom. The molecule has 178 valence electrons. The predicted octanol–water partition coefficient (Wildman–Crippen LogP) is 2.61. The van der Waals surface area contributed by atoms with E-state index in [-0.39, 0.29) is 5.75 Å². The number of nitrogens with one attached hydrogen (secondary N) is 2. The van der Waals surface area contributed by atoms with E-state index in [1.54, 1.807) is 31.4 Å². The molecule has 1 aliphatic heterocycles. The van der Waals surface area contributed by atoms with Crippen molar-refractivity contribution in [1.82, 2.24) is 20.1 Å². The molecule has 1 aliphatic rings. The Bertz CT molecular complexity index is 1100. The van der Waals surface area contributed by atoms with Gasteiger partial charge in [0.2, 0.25) is 11.9 Å². The zero-order valence-corrected chi connectivity index (χ0v) is 19.6. The molecule has 0 saturated carbocycles. The summed E-state index contributed by atoms with van der Waals surface area (Å²) in [5.74, 6) is 1.01. The lowest BCUT2D eigenvalue weighted by molar-refractivity contribution is -0.117. The molecule has 4 rings (SSSR count). The van der Waals surface area contributed by atoms with Crippen LogP contribution in [-0.4, -0.2) is 65.9 Å². The van der Waals surface area contributed by atoms with Crippen molar-refractivity contribution in [1.29, 1.82) is 0 Å². The van der Waals surface area contributed by atoms with Gasteiger partial charge in [-0.15, -0.1) is 10.2 Å². The minimum Gasteiger partial charge on any atom is -0.497 e. The summed E-state index contributed by atoms with van der Waals surface area (Å²) in [6.07, 6.45) is 0. The normalized spacial score (nSPS) is 13.4. The number of morpholine rings is 1. The van der Waals surface area contributed by atoms with Gasteiger partial charge < -0.3 is 19.7 Å². The van der Waals surface area contributed by atoms with Gasteiger partial charge in [0.15, 0.2) is 5.16 Å². The smallest absolute Gasteiger partial charge is 0.325 e. The highest BCUT2D eigenvalue weighted by atomic mass is 32.2. The van der Waals surface area contributed by atoms with Gasteiger partial charge in [0.05, 0.1) is 32.6 Å². The third-order valence-electron chi connectivity index (χ3n) is 5.11. The number of ether oxygens (including phenoxy) is 2.